The van der Waals surface area contributed by atoms with Gasteiger partial charge in [-0.05, 0) is 24.8 Å². The average Bonchev–Trinajstić information content (AvgIpc) is 2.47. The van der Waals surface area contributed by atoms with E-state index in [2.05, 4.69) is 12.1 Å². The molecule has 2 nitrogen and oxygen atoms in total. The maximum Gasteiger partial charge on any atom is 0.118 e. The highest BCUT2D eigenvalue weighted by atomic mass is 17.2. The zero-order valence-electron chi connectivity index (χ0n) is 7.61. The molecular formula is C11H14O2. The van der Waals surface area contributed by atoms with Crippen LogP contribution in [0, 0.1) is 0 Å². The van der Waals surface area contributed by atoms with E-state index in [9.17, 15) is 0 Å². The van der Waals surface area contributed by atoms with E-state index in [0.717, 1.165) is 19.4 Å². The molecule has 0 bridgehead atoms. The van der Waals surface area contributed by atoms with Gasteiger partial charge in [0.1, 0.15) is 6.10 Å². The molecule has 1 heterocycles. The fraction of sp³-hybridized carbons (Fsp3) is 0.455. The van der Waals surface area contributed by atoms with Gasteiger partial charge in [-0.25, -0.2) is 9.78 Å². The Balaban J connectivity index is 2.06. The van der Waals surface area contributed by atoms with Crippen LogP contribution >= 0.6 is 0 Å². The number of rotatable bonds is 1. The van der Waals surface area contributed by atoms with E-state index < -0.39 is 0 Å². The minimum Gasteiger partial charge on any atom is -0.236 e. The molecule has 1 fully saturated rings. The van der Waals surface area contributed by atoms with E-state index in [1.54, 1.807) is 0 Å². The first-order valence-corrected chi connectivity index (χ1v) is 4.80. The van der Waals surface area contributed by atoms with E-state index in [1.807, 2.05) is 18.2 Å². The molecule has 1 atom stereocenters. The highest BCUT2D eigenvalue weighted by Gasteiger charge is 2.15. The van der Waals surface area contributed by atoms with Crippen LogP contribution in [-0.4, -0.2) is 6.61 Å². The summed E-state index contributed by atoms with van der Waals surface area (Å²) in [5.74, 6) is 0. The Bertz CT molecular complexity index is 238. The fourth-order valence-corrected chi connectivity index (χ4v) is 1.56. The van der Waals surface area contributed by atoms with Crippen molar-refractivity contribution in [3.05, 3.63) is 35.9 Å². The quantitative estimate of drug-likeness (QED) is 0.615. The van der Waals surface area contributed by atoms with Gasteiger partial charge in [-0.3, -0.25) is 0 Å². The summed E-state index contributed by atoms with van der Waals surface area (Å²) in [6.45, 7) is 0.726. The van der Waals surface area contributed by atoms with Gasteiger partial charge in [-0.1, -0.05) is 30.3 Å². The molecule has 0 N–H and O–H groups in total. The summed E-state index contributed by atoms with van der Waals surface area (Å²) in [6.07, 6.45) is 3.47. The molecule has 13 heavy (non-hydrogen) atoms. The van der Waals surface area contributed by atoms with Crippen LogP contribution in [-0.2, 0) is 9.78 Å². The summed E-state index contributed by atoms with van der Waals surface area (Å²) in [6, 6.07) is 10.2. The third-order valence-electron chi connectivity index (χ3n) is 2.30. The van der Waals surface area contributed by atoms with Gasteiger partial charge in [0.05, 0.1) is 6.61 Å². The lowest BCUT2D eigenvalue weighted by Crippen LogP contribution is -2.01. The Hall–Kier alpha value is -0.860. The predicted octanol–water partition coefficient (Wildman–Crippen LogP) is 2.86. The van der Waals surface area contributed by atoms with Gasteiger partial charge >= 0.3 is 0 Å². The second-order valence-corrected chi connectivity index (χ2v) is 3.31. The van der Waals surface area contributed by atoms with Crippen LogP contribution < -0.4 is 0 Å². The molecule has 0 spiro atoms. The molecule has 1 aliphatic rings. The predicted molar refractivity (Wildman–Crippen MR) is 50.1 cm³/mol. The van der Waals surface area contributed by atoms with E-state index in [-0.39, 0.29) is 6.10 Å². The minimum absolute atomic E-state index is 0.128. The van der Waals surface area contributed by atoms with Gasteiger partial charge in [0.25, 0.3) is 0 Å². The average molecular weight is 178 g/mol. The monoisotopic (exact) mass is 178 g/mol. The topological polar surface area (TPSA) is 18.5 Å². The maximum atomic E-state index is 5.29. The van der Waals surface area contributed by atoms with Crippen LogP contribution in [0.4, 0.5) is 0 Å². The number of hydrogen-bond donors (Lipinski definition) is 0. The summed E-state index contributed by atoms with van der Waals surface area (Å²) in [4.78, 5) is 10.4. The first-order valence-electron chi connectivity index (χ1n) is 4.80. The Labute approximate surface area is 78.4 Å². The lowest BCUT2D eigenvalue weighted by Gasteiger charge is -2.12. The molecule has 0 radical (unpaired) electrons. The van der Waals surface area contributed by atoms with Crippen molar-refractivity contribution in [1.82, 2.24) is 0 Å². The summed E-state index contributed by atoms with van der Waals surface area (Å²) < 4.78 is 0. The fourth-order valence-electron chi connectivity index (χ4n) is 1.56. The van der Waals surface area contributed by atoms with E-state index >= 15 is 0 Å². The highest BCUT2D eigenvalue weighted by Crippen LogP contribution is 2.25. The summed E-state index contributed by atoms with van der Waals surface area (Å²) in [7, 11) is 0. The van der Waals surface area contributed by atoms with E-state index in [4.69, 9.17) is 9.78 Å². The van der Waals surface area contributed by atoms with Crippen molar-refractivity contribution in [2.75, 3.05) is 6.61 Å². The highest BCUT2D eigenvalue weighted by molar-refractivity contribution is 5.17. The standard InChI is InChI=1S/C11H14O2/c1-2-6-10(7-3-1)11-8-4-5-9-12-13-11/h1-3,6-7,11H,4-5,8-9H2. The molecule has 1 unspecified atom stereocenters. The molecule has 1 aliphatic heterocycles. The van der Waals surface area contributed by atoms with Crippen LogP contribution in [0.5, 0.6) is 0 Å². The third-order valence-corrected chi connectivity index (χ3v) is 2.30. The van der Waals surface area contributed by atoms with Crippen molar-refractivity contribution in [3.8, 4) is 0 Å². The van der Waals surface area contributed by atoms with Crippen molar-refractivity contribution >= 4 is 0 Å². The molecule has 0 aromatic heterocycles. The van der Waals surface area contributed by atoms with Crippen molar-refractivity contribution in [1.29, 1.82) is 0 Å². The van der Waals surface area contributed by atoms with Gasteiger partial charge in [0, 0.05) is 0 Å². The van der Waals surface area contributed by atoms with Crippen molar-refractivity contribution in [3.63, 3.8) is 0 Å². The molecule has 0 saturated carbocycles. The molecule has 0 aliphatic carbocycles. The second kappa shape index (κ2) is 4.40. The third kappa shape index (κ3) is 2.29. The lowest BCUT2D eigenvalue weighted by molar-refractivity contribution is -0.320. The molecular weight excluding hydrogens is 164 g/mol. The largest absolute Gasteiger partial charge is 0.236 e. The Morgan fingerprint density at radius 3 is 2.77 bits per heavy atom. The molecule has 1 aromatic rings. The van der Waals surface area contributed by atoms with E-state index in [1.165, 1.54) is 12.0 Å². The SMILES string of the molecule is c1ccc(C2CCCCOO2)cc1. The van der Waals surface area contributed by atoms with Crippen LogP contribution in [0.25, 0.3) is 0 Å². The summed E-state index contributed by atoms with van der Waals surface area (Å²) in [5.41, 5.74) is 1.21. The van der Waals surface area contributed by atoms with E-state index in [0.29, 0.717) is 0 Å². The molecule has 2 rings (SSSR count). The first-order chi connectivity index (χ1) is 6.47. The smallest absolute Gasteiger partial charge is 0.118 e. The van der Waals surface area contributed by atoms with Gasteiger partial charge in [0.2, 0.25) is 0 Å². The molecule has 1 aromatic carbocycles. The number of benzene rings is 1. The summed E-state index contributed by atoms with van der Waals surface area (Å²) >= 11 is 0. The van der Waals surface area contributed by atoms with Crippen LogP contribution in [0.2, 0.25) is 0 Å². The van der Waals surface area contributed by atoms with Crippen molar-refractivity contribution < 1.29 is 9.78 Å². The molecule has 1 saturated heterocycles. The maximum absolute atomic E-state index is 5.29. The Morgan fingerprint density at radius 2 is 1.92 bits per heavy atom. The van der Waals surface area contributed by atoms with Crippen LogP contribution in [0.3, 0.4) is 0 Å². The first kappa shape index (κ1) is 8.73. The lowest BCUT2D eigenvalue weighted by atomic mass is 10.0. The van der Waals surface area contributed by atoms with Crippen LogP contribution in [0.15, 0.2) is 30.3 Å². The minimum atomic E-state index is 0.128. The normalized spacial score (nSPS) is 23.8. The summed E-state index contributed by atoms with van der Waals surface area (Å²) in [5, 5.41) is 0. The number of hydrogen-bond acceptors (Lipinski definition) is 2. The molecule has 0 amide bonds. The van der Waals surface area contributed by atoms with Gasteiger partial charge < -0.3 is 0 Å². The van der Waals surface area contributed by atoms with Gasteiger partial charge in [-0.15, -0.1) is 0 Å². The molecule has 70 valence electrons. The second-order valence-electron chi connectivity index (χ2n) is 3.31. The van der Waals surface area contributed by atoms with Gasteiger partial charge in [0.15, 0.2) is 0 Å². The molecule has 2 heteroatoms. The van der Waals surface area contributed by atoms with Crippen LogP contribution in [0.1, 0.15) is 30.9 Å². The Kier molecular flexibility index (Phi) is 2.95. The Morgan fingerprint density at radius 1 is 1.08 bits per heavy atom. The van der Waals surface area contributed by atoms with Gasteiger partial charge in [-0.2, -0.15) is 0 Å². The van der Waals surface area contributed by atoms with Crippen molar-refractivity contribution in [2.45, 2.75) is 25.4 Å². The van der Waals surface area contributed by atoms with Crippen molar-refractivity contribution in [2.24, 2.45) is 0 Å². The zero-order chi connectivity index (χ0) is 8.93. The zero-order valence-corrected chi connectivity index (χ0v) is 7.61.